The van der Waals surface area contributed by atoms with Gasteiger partial charge in [-0.3, -0.25) is 4.98 Å². The second-order valence-corrected chi connectivity index (χ2v) is 3.51. The van der Waals surface area contributed by atoms with Gasteiger partial charge in [0.2, 0.25) is 0 Å². The van der Waals surface area contributed by atoms with Gasteiger partial charge < -0.3 is 0 Å². The Balaban J connectivity index is 2.82. The van der Waals surface area contributed by atoms with Gasteiger partial charge in [0.1, 0.15) is 5.82 Å². The number of hydrogen-bond donors (Lipinski definition) is 0. The van der Waals surface area contributed by atoms with Crippen molar-refractivity contribution in [2.24, 2.45) is 5.92 Å². The van der Waals surface area contributed by atoms with Gasteiger partial charge in [-0.25, -0.2) is 4.39 Å². The lowest BCUT2D eigenvalue weighted by Crippen LogP contribution is -1.97. The molecule has 1 aromatic rings. The highest BCUT2D eigenvalue weighted by Crippen LogP contribution is 2.10. The van der Waals surface area contributed by atoms with Gasteiger partial charge in [-0.15, -0.1) is 0 Å². The van der Waals surface area contributed by atoms with Crippen molar-refractivity contribution in [3.8, 4) is 0 Å². The average Bonchev–Trinajstić information content (AvgIpc) is 1.96. The standard InChI is InChI=1S/C10H14FN/c1-7(2)4-9-5-10(11)8(3)12-6-9/h5-7H,4H2,1-3H3. The smallest absolute Gasteiger partial charge is 0.144 e. The molecule has 12 heavy (non-hydrogen) atoms. The number of halogens is 1. The van der Waals surface area contributed by atoms with Crippen LogP contribution in [0.1, 0.15) is 25.1 Å². The molecule has 0 saturated carbocycles. The predicted octanol–water partition coefficient (Wildman–Crippen LogP) is 2.73. The Labute approximate surface area is 72.6 Å². The Kier molecular flexibility index (Phi) is 2.79. The predicted molar refractivity (Wildman–Crippen MR) is 47.5 cm³/mol. The Morgan fingerprint density at radius 3 is 2.67 bits per heavy atom. The second kappa shape index (κ2) is 3.65. The molecule has 1 heterocycles. The van der Waals surface area contributed by atoms with Crippen LogP contribution in [0.5, 0.6) is 0 Å². The zero-order valence-electron chi connectivity index (χ0n) is 7.76. The van der Waals surface area contributed by atoms with E-state index >= 15 is 0 Å². The van der Waals surface area contributed by atoms with E-state index < -0.39 is 0 Å². The number of aryl methyl sites for hydroxylation is 1. The van der Waals surface area contributed by atoms with Gasteiger partial charge >= 0.3 is 0 Å². The Morgan fingerprint density at radius 2 is 2.17 bits per heavy atom. The van der Waals surface area contributed by atoms with Gasteiger partial charge in [-0.2, -0.15) is 0 Å². The zero-order chi connectivity index (χ0) is 9.14. The molecule has 0 aliphatic heterocycles. The van der Waals surface area contributed by atoms with Gasteiger partial charge in [0.25, 0.3) is 0 Å². The van der Waals surface area contributed by atoms with E-state index in [-0.39, 0.29) is 5.82 Å². The summed E-state index contributed by atoms with van der Waals surface area (Å²) in [4.78, 5) is 3.96. The summed E-state index contributed by atoms with van der Waals surface area (Å²) in [5, 5.41) is 0. The summed E-state index contributed by atoms with van der Waals surface area (Å²) in [5.41, 5.74) is 1.45. The molecular weight excluding hydrogens is 153 g/mol. The molecule has 2 heteroatoms. The van der Waals surface area contributed by atoms with Gasteiger partial charge in [-0.1, -0.05) is 13.8 Å². The molecule has 1 aromatic heterocycles. The minimum atomic E-state index is -0.201. The molecule has 0 spiro atoms. The van der Waals surface area contributed by atoms with Crippen LogP contribution in [0.25, 0.3) is 0 Å². The van der Waals surface area contributed by atoms with Crippen molar-refractivity contribution in [3.63, 3.8) is 0 Å². The minimum Gasteiger partial charge on any atom is -0.258 e. The van der Waals surface area contributed by atoms with Crippen molar-refractivity contribution in [2.75, 3.05) is 0 Å². The van der Waals surface area contributed by atoms with Gasteiger partial charge in [-0.05, 0) is 30.9 Å². The summed E-state index contributed by atoms with van der Waals surface area (Å²) >= 11 is 0. The average molecular weight is 167 g/mol. The van der Waals surface area contributed by atoms with Crippen LogP contribution in [0.15, 0.2) is 12.3 Å². The highest BCUT2D eigenvalue weighted by molar-refractivity contribution is 5.15. The number of hydrogen-bond acceptors (Lipinski definition) is 1. The maximum atomic E-state index is 13.0. The summed E-state index contributed by atoms with van der Waals surface area (Å²) in [6, 6.07) is 1.57. The first-order valence-electron chi connectivity index (χ1n) is 4.20. The van der Waals surface area contributed by atoms with Crippen LogP contribution in [0.2, 0.25) is 0 Å². The molecule has 0 aliphatic rings. The first kappa shape index (κ1) is 9.17. The molecule has 0 aliphatic carbocycles. The molecular formula is C10H14FN. The van der Waals surface area contributed by atoms with E-state index in [1.54, 1.807) is 19.2 Å². The summed E-state index contributed by atoms with van der Waals surface area (Å²) in [7, 11) is 0. The fourth-order valence-electron chi connectivity index (χ4n) is 1.13. The van der Waals surface area contributed by atoms with E-state index in [1.165, 1.54) is 0 Å². The third-order valence-electron chi connectivity index (χ3n) is 1.73. The maximum absolute atomic E-state index is 13.0. The quantitative estimate of drug-likeness (QED) is 0.660. The number of rotatable bonds is 2. The third-order valence-corrected chi connectivity index (χ3v) is 1.73. The van der Waals surface area contributed by atoms with Crippen LogP contribution in [-0.4, -0.2) is 4.98 Å². The van der Waals surface area contributed by atoms with Crippen molar-refractivity contribution in [2.45, 2.75) is 27.2 Å². The minimum absolute atomic E-state index is 0.201. The lowest BCUT2D eigenvalue weighted by atomic mass is 10.0. The summed E-state index contributed by atoms with van der Waals surface area (Å²) in [5.74, 6) is 0.349. The van der Waals surface area contributed by atoms with Crippen LogP contribution in [0.4, 0.5) is 4.39 Å². The second-order valence-electron chi connectivity index (χ2n) is 3.51. The lowest BCUT2D eigenvalue weighted by Gasteiger charge is -2.04. The van der Waals surface area contributed by atoms with Gasteiger partial charge in [0.05, 0.1) is 5.69 Å². The molecule has 0 fully saturated rings. The molecule has 0 aromatic carbocycles. The summed E-state index contributed by atoms with van der Waals surface area (Å²) in [6.07, 6.45) is 2.64. The van der Waals surface area contributed by atoms with E-state index in [9.17, 15) is 4.39 Å². The maximum Gasteiger partial charge on any atom is 0.144 e. The Bertz CT molecular complexity index is 269. The molecule has 0 saturated heterocycles. The zero-order valence-corrected chi connectivity index (χ0v) is 7.76. The van der Waals surface area contributed by atoms with Crippen molar-refractivity contribution in [1.82, 2.24) is 4.98 Å². The van der Waals surface area contributed by atoms with Crippen LogP contribution < -0.4 is 0 Å². The fourth-order valence-corrected chi connectivity index (χ4v) is 1.13. The molecule has 0 atom stereocenters. The van der Waals surface area contributed by atoms with Crippen LogP contribution in [0.3, 0.4) is 0 Å². The molecule has 0 bridgehead atoms. The Hall–Kier alpha value is -0.920. The first-order chi connectivity index (χ1) is 5.59. The van der Waals surface area contributed by atoms with Crippen molar-refractivity contribution in [3.05, 3.63) is 29.3 Å². The number of aromatic nitrogens is 1. The first-order valence-corrected chi connectivity index (χ1v) is 4.20. The normalized spacial score (nSPS) is 10.8. The largest absolute Gasteiger partial charge is 0.258 e. The summed E-state index contributed by atoms with van der Waals surface area (Å²) in [6.45, 7) is 5.89. The fraction of sp³-hybridized carbons (Fsp3) is 0.500. The van der Waals surface area contributed by atoms with Crippen molar-refractivity contribution >= 4 is 0 Å². The SMILES string of the molecule is Cc1ncc(CC(C)C)cc1F. The van der Waals surface area contributed by atoms with E-state index in [2.05, 4.69) is 18.8 Å². The molecule has 0 amide bonds. The Morgan fingerprint density at radius 1 is 1.50 bits per heavy atom. The number of pyridine rings is 1. The van der Waals surface area contributed by atoms with Gasteiger partial charge in [0.15, 0.2) is 0 Å². The van der Waals surface area contributed by atoms with Crippen LogP contribution in [0, 0.1) is 18.7 Å². The molecule has 66 valence electrons. The highest BCUT2D eigenvalue weighted by atomic mass is 19.1. The van der Waals surface area contributed by atoms with E-state index in [0.29, 0.717) is 11.6 Å². The van der Waals surface area contributed by atoms with Crippen LogP contribution in [-0.2, 0) is 6.42 Å². The topological polar surface area (TPSA) is 12.9 Å². The van der Waals surface area contributed by atoms with Crippen LogP contribution >= 0.6 is 0 Å². The molecule has 0 unspecified atom stereocenters. The summed E-state index contributed by atoms with van der Waals surface area (Å²) < 4.78 is 13.0. The van der Waals surface area contributed by atoms with Gasteiger partial charge in [0, 0.05) is 6.20 Å². The third kappa shape index (κ3) is 2.29. The number of nitrogens with zero attached hydrogens (tertiary/aromatic N) is 1. The van der Waals surface area contributed by atoms with E-state index in [0.717, 1.165) is 12.0 Å². The lowest BCUT2D eigenvalue weighted by molar-refractivity contribution is 0.596. The van der Waals surface area contributed by atoms with Crippen molar-refractivity contribution in [1.29, 1.82) is 0 Å². The molecule has 1 nitrogen and oxygen atoms in total. The monoisotopic (exact) mass is 167 g/mol. The molecule has 0 radical (unpaired) electrons. The molecule has 1 rings (SSSR count). The van der Waals surface area contributed by atoms with E-state index in [4.69, 9.17) is 0 Å². The van der Waals surface area contributed by atoms with Crippen molar-refractivity contribution < 1.29 is 4.39 Å². The van der Waals surface area contributed by atoms with E-state index in [1.807, 2.05) is 0 Å². The molecule has 0 N–H and O–H groups in total. The highest BCUT2D eigenvalue weighted by Gasteiger charge is 2.02.